The van der Waals surface area contributed by atoms with E-state index in [0.29, 0.717) is 18.2 Å². The molecule has 0 spiro atoms. The van der Waals surface area contributed by atoms with E-state index in [1.54, 1.807) is 29.1 Å². The summed E-state index contributed by atoms with van der Waals surface area (Å²) in [5, 5.41) is 7.56. The molecule has 0 atom stereocenters. The van der Waals surface area contributed by atoms with E-state index >= 15 is 0 Å². The molecule has 0 bridgehead atoms. The van der Waals surface area contributed by atoms with Gasteiger partial charge in [-0.15, -0.1) is 10.2 Å². The minimum Gasteiger partial charge on any atom is -0.480 e. The minimum atomic E-state index is -0.244. The van der Waals surface area contributed by atoms with Crippen molar-refractivity contribution in [2.45, 2.75) is 13.5 Å². The van der Waals surface area contributed by atoms with Gasteiger partial charge in [0.15, 0.2) is 5.82 Å². The monoisotopic (exact) mass is 232 g/mol. The summed E-state index contributed by atoms with van der Waals surface area (Å²) in [6.45, 7) is 2.63. The molecule has 17 heavy (non-hydrogen) atoms. The lowest BCUT2D eigenvalue weighted by atomic mass is 10.2. The Morgan fingerprint density at radius 2 is 2.24 bits per heavy atom. The number of imidazole rings is 1. The number of ketones is 1. The molecule has 0 radical (unpaired) electrons. The third-order valence-corrected chi connectivity index (χ3v) is 2.34. The number of aryl methyl sites for hydroxylation is 1. The van der Waals surface area contributed by atoms with E-state index in [1.165, 1.54) is 7.11 Å². The van der Waals surface area contributed by atoms with E-state index in [2.05, 4.69) is 15.2 Å². The average molecular weight is 232 g/mol. The maximum absolute atomic E-state index is 12.1. The fraction of sp³-hybridized carbons (Fsp3) is 0.273. The van der Waals surface area contributed by atoms with Gasteiger partial charge in [0.1, 0.15) is 5.69 Å². The SMILES string of the molecule is CCn1ccnc1C(=O)c1ccc(OC)nn1. The van der Waals surface area contributed by atoms with E-state index in [0.717, 1.165) is 0 Å². The molecule has 0 aliphatic heterocycles. The molecule has 6 heteroatoms. The number of ether oxygens (including phenoxy) is 1. The molecule has 0 N–H and O–H groups in total. The van der Waals surface area contributed by atoms with E-state index < -0.39 is 0 Å². The van der Waals surface area contributed by atoms with Crippen LogP contribution in [-0.4, -0.2) is 32.6 Å². The van der Waals surface area contributed by atoms with Crippen LogP contribution in [0.25, 0.3) is 0 Å². The quantitative estimate of drug-likeness (QED) is 0.733. The van der Waals surface area contributed by atoms with Crippen molar-refractivity contribution < 1.29 is 9.53 Å². The first kappa shape index (κ1) is 11.3. The molecule has 2 aromatic heterocycles. The summed E-state index contributed by atoms with van der Waals surface area (Å²) < 4.78 is 6.64. The second-order valence-electron chi connectivity index (χ2n) is 3.33. The largest absolute Gasteiger partial charge is 0.480 e. The zero-order valence-electron chi connectivity index (χ0n) is 9.62. The molecule has 6 nitrogen and oxygen atoms in total. The van der Waals surface area contributed by atoms with Crippen LogP contribution in [0.2, 0.25) is 0 Å². The third kappa shape index (κ3) is 2.15. The topological polar surface area (TPSA) is 69.9 Å². The summed E-state index contributed by atoms with van der Waals surface area (Å²) in [5.41, 5.74) is 0.256. The van der Waals surface area contributed by atoms with E-state index in [4.69, 9.17) is 4.74 Å². The molecule has 0 unspecified atom stereocenters. The van der Waals surface area contributed by atoms with Crippen LogP contribution < -0.4 is 4.74 Å². The highest BCUT2D eigenvalue weighted by Crippen LogP contribution is 2.08. The van der Waals surface area contributed by atoms with Crippen LogP contribution in [0.4, 0.5) is 0 Å². The van der Waals surface area contributed by atoms with Gasteiger partial charge in [0.2, 0.25) is 11.7 Å². The first-order chi connectivity index (χ1) is 8.26. The molecule has 0 aromatic carbocycles. The zero-order chi connectivity index (χ0) is 12.3. The Balaban J connectivity index is 2.30. The number of carbonyl (C=O) groups is 1. The van der Waals surface area contributed by atoms with Gasteiger partial charge in [-0.05, 0) is 13.0 Å². The van der Waals surface area contributed by atoms with Crippen molar-refractivity contribution >= 4 is 5.78 Å². The Labute approximate surface area is 98.3 Å². The highest BCUT2D eigenvalue weighted by atomic mass is 16.5. The van der Waals surface area contributed by atoms with Crippen LogP contribution >= 0.6 is 0 Å². The van der Waals surface area contributed by atoms with E-state index in [-0.39, 0.29) is 11.5 Å². The highest BCUT2D eigenvalue weighted by molar-refractivity contribution is 6.05. The predicted molar refractivity (Wildman–Crippen MR) is 59.9 cm³/mol. The third-order valence-electron chi connectivity index (χ3n) is 2.34. The Kier molecular flexibility index (Phi) is 3.13. The van der Waals surface area contributed by atoms with Crippen molar-refractivity contribution in [3.63, 3.8) is 0 Å². The second-order valence-corrected chi connectivity index (χ2v) is 3.33. The van der Waals surface area contributed by atoms with Gasteiger partial charge in [0.05, 0.1) is 7.11 Å². The number of rotatable bonds is 4. The molecule has 0 saturated carbocycles. The summed E-state index contributed by atoms with van der Waals surface area (Å²) >= 11 is 0. The molecule has 2 aromatic rings. The number of hydrogen-bond donors (Lipinski definition) is 0. The van der Waals surface area contributed by atoms with Gasteiger partial charge in [0, 0.05) is 25.0 Å². The Morgan fingerprint density at radius 1 is 1.41 bits per heavy atom. The molecular formula is C11H12N4O2. The lowest BCUT2D eigenvalue weighted by Gasteiger charge is -2.03. The smallest absolute Gasteiger partial charge is 0.248 e. The number of nitrogens with zero attached hydrogens (tertiary/aromatic N) is 4. The molecule has 0 aliphatic carbocycles. The van der Waals surface area contributed by atoms with Gasteiger partial charge in [-0.3, -0.25) is 4.79 Å². The van der Waals surface area contributed by atoms with Gasteiger partial charge in [-0.1, -0.05) is 0 Å². The average Bonchev–Trinajstić information content (AvgIpc) is 2.86. The highest BCUT2D eigenvalue weighted by Gasteiger charge is 2.16. The van der Waals surface area contributed by atoms with Crippen LogP contribution in [0.5, 0.6) is 5.88 Å². The molecule has 0 aliphatic rings. The van der Waals surface area contributed by atoms with Crippen molar-refractivity contribution in [2.24, 2.45) is 0 Å². The fourth-order valence-electron chi connectivity index (χ4n) is 1.44. The van der Waals surface area contributed by atoms with Crippen molar-refractivity contribution in [3.8, 4) is 5.88 Å². The van der Waals surface area contributed by atoms with Gasteiger partial charge in [0.25, 0.3) is 0 Å². The maximum Gasteiger partial charge on any atom is 0.248 e. The Morgan fingerprint density at radius 3 is 2.82 bits per heavy atom. The van der Waals surface area contributed by atoms with Crippen molar-refractivity contribution in [1.29, 1.82) is 0 Å². The summed E-state index contributed by atoms with van der Waals surface area (Å²) in [4.78, 5) is 16.1. The molecule has 0 fully saturated rings. The first-order valence-corrected chi connectivity index (χ1v) is 5.19. The lowest BCUT2D eigenvalue weighted by molar-refractivity contribution is 0.102. The van der Waals surface area contributed by atoms with Gasteiger partial charge >= 0.3 is 0 Å². The second kappa shape index (κ2) is 4.73. The first-order valence-electron chi connectivity index (χ1n) is 5.19. The summed E-state index contributed by atoms with van der Waals surface area (Å²) in [6.07, 6.45) is 3.35. The molecule has 2 rings (SSSR count). The van der Waals surface area contributed by atoms with E-state index in [9.17, 15) is 4.79 Å². The fourth-order valence-corrected chi connectivity index (χ4v) is 1.44. The number of carbonyl (C=O) groups excluding carboxylic acids is 1. The van der Waals surface area contributed by atoms with Crippen LogP contribution in [0.3, 0.4) is 0 Å². The number of aromatic nitrogens is 4. The number of methoxy groups -OCH3 is 1. The molecular weight excluding hydrogens is 220 g/mol. The van der Waals surface area contributed by atoms with Crippen molar-refractivity contribution in [2.75, 3.05) is 7.11 Å². The maximum atomic E-state index is 12.1. The van der Waals surface area contributed by atoms with Crippen LogP contribution in [0.1, 0.15) is 23.2 Å². The van der Waals surface area contributed by atoms with Crippen molar-refractivity contribution in [1.82, 2.24) is 19.7 Å². The normalized spacial score (nSPS) is 10.2. The van der Waals surface area contributed by atoms with E-state index in [1.807, 2.05) is 6.92 Å². The molecule has 0 amide bonds. The van der Waals surface area contributed by atoms with Gasteiger partial charge < -0.3 is 9.30 Å². The number of hydrogen-bond acceptors (Lipinski definition) is 5. The summed E-state index contributed by atoms with van der Waals surface area (Å²) in [5.74, 6) is 0.499. The molecule has 0 saturated heterocycles. The molecule has 88 valence electrons. The van der Waals surface area contributed by atoms with Crippen LogP contribution in [0, 0.1) is 0 Å². The summed E-state index contributed by atoms with van der Waals surface area (Å²) in [7, 11) is 1.50. The zero-order valence-corrected chi connectivity index (χ0v) is 9.62. The Hall–Kier alpha value is -2.24. The molecule has 2 heterocycles. The standard InChI is InChI=1S/C11H12N4O2/c1-3-15-7-6-12-11(15)10(16)8-4-5-9(17-2)14-13-8/h4-7H,3H2,1-2H3. The minimum absolute atomic E-state index is 0.244. The van der Waals surface area contributed by atoms with Gasteiger partial charge in [-0.2, -0.15) is 0 Å². The predicted octanol–water partition coefficient (Wildman–Crippen LogP) is 0.933. The Bertz CT molecular complexity index is 519. The van der Waals surface area contributed by atoms with Crippen LogP contribution in [-0.2, 0) is 6.54 Å². The van der Waals surface area contributed by atoms with Crippen LogP contribution in [0.15, 0.2) is 24.5 Å². The lowest BCUT2D eigenvalue weighted by Crippen LogP contribution is -2.12. The van der Waals surface area contributed by atoms with Crippen molar-refractivity contribution in [3.05, 3.63) is 36.0 Å². The summed E-state index contributed by atoms with van der Waals surface area (Å²) in [6, 6.07) is 3.17. The van der Waals surface area contributed by atoms with Gasteiger partial charge in [-0.25, -0.2) is 4.98 Å².